The molecule has 0 saturated heterocycles. The second-order valence-electron chi connectivity index (χ2n) is 5.64. The lowest BCUT2D eigenvalue weighted by atomic mass is 10.1. The van der Waals surface area contributed by atoms with Crippen molar-refractivity contribution in [1.82, 2.24) is 9.97 Å². The number of benzene rings is 1. The van der Waals surface area contributed by atoms with Gasteiger partial charge in [-0.1, -0.05) is 44.7 Å². The minimum atomic E-state index is 0.268. The standard InChI is InChI=1S/C20H21N5.C2H6/c1-4-8-17(24-14(2)21)16-13-23-20-19(16)18(11-12-22-20)25(3)15-9-6-5-7-10-15;1-2/h4-13H,2,21H2,1,3H3,(H,22,23);1-2H3/b8-4-,24-17+;. The van der Waals surface area contributed by atoms with Crippen molar-refractivity contribution in [2.45, 2.75) is 20.8 Å². The molecule has 5 nitrogen and oxygen atoms in total. The fourth-order valence-electron chi connectivity index (χ4n) is 2.81. The van der Waals surface area contributed by atoms with Gasteiger partial charge in [-0.3, -0.25) is 0 Å². The zero-order valence-electron chi connectivity index (χ0n) is 16.4. The Labute approximate surface area is 161 Å². The molecule has 5 heteroatoms. The number of fused-ring (bicyclic) bond motifs is 1. The third-order valence-corrected chi connectivity index (χ3v) is 3.92. The van der Waals surface area contributed by atoms with E-state index in [1.54, 1.807) is 6.20 Å². The van der Waals surface area contributed by atoms with Crippen LogP contribution in [0.25, 0.3) is 11.0 Å². The molecule has 0 aliphatic rings. The van der Waals surface area contributed by atoms with E-state index in [0.717, 1.165) is 33.7 Å². The molecule has 0 amide bonds. The van der Waals surface area contributed by atoms with Crippen molar-refractivity contribution in [3.8, 4) is 0 Å². The Bertz CT molecular complexity index is 951. The normalized spacial score (nSPS) is 11.3. The first kappa shape index (κ1) is 20.0. The molecule has 2 heterocycles. The zero-order chi connectivity index (χ0) is 19.8. The summed E-state index contributed by atoms with van der Waals surface area (Å²) in [5, 5.41) is 0.993. The van der Waals surface area contributed by atoms with Crippen LogP contribution < -0.4 is 10.6 Å². The maximum absolute atomic E-state index is 5.71. The molecule has 0 radical (unpaired) electrons. The molecule has 1 aromatic carbocycles. The minimum Gasteiger partial charge on any atom is -0.384 e. The van der Waals surface area contributed by atoms with Crippen LogP contribution in [-0.4, -0.2) is 22.7 Å². The molecule has 0 atom stereocenters. The Morgan fingerprint density at radius 2 is 1.93 bits per heavy atom. The van der Waals surface area contributed by atoms with Gasteiger partial charge in [0.05, 0.1) is 16.8 Å². The molecule has 140 valence electrons. The number of aromatic nitrogens is 2. The van der Waals surface area contributed by atoms with Gasteiger partial charge in [-0.2, -0.15) is 0 Å². The van der Waals surface area contributed by atoms with Gasteiger partial charge in [0.2, 0.25) is 0 Å². The van der Waals surface area contributed by atoms with Crippen LogP contribution in [0.5, 0.6) is 0 Å². The maximum Gasteiger partial charge on any atom is 0.140 e. The quantitative estimate of drug-likeness (QED) is 0.617. The van der Waals surface area contributed by atoms with E-state index in [4.69, 9.17) is 5.73 Å². The van der Waals surface area contributed by atoms with Crippen molar-refractivity contribution < 1.29 is 0 Å². The van der Waals surface area contributed by atoms with Crippen LogP contribution in [0.2, 0.25) is 0 Å². The molecule has 0 aliphatic heterocycles. The van der Waals surface area contributed by atoms with E-state index in [9.17, 15) is 0 Å². The Morgan fingerprint density at radius 3 is 2.56 bits per heavy atom. The number of H-pyrrole nitrogens is 1. The molecule has 0 fully saturated rings. The van der Waals surface area contributed by atoms with Gasteiger partial charge in [0, 0.05) is 30.7 Å². The number of nitrogens with one attached hydrogen (secondary N) is 1. The fraction of sp³-hybridized carbons (Fsp3) is 0.182. The fourth-order valence-corrected chi connectivity index (χ4v) is 2.81. The number of nitrogens with two attached hydrogens (primary N) is 1. The molecule has 3 aromatic rings. The molecule has 0 aliphatic carbocycles. The number of aliphatic imine (C=N–C) groups is 1. The number of anilines is 2. The summed E-state index contributed by atoms with van der Waals surface area (Å²) in [6.07, 6.45) is 7.55. The van der Waals surface area contributed by atoms with Crippen LogP contribution in [0.1, 0.15) is 26.3 Å². The Morgan fingerprint density at radius 1 is 1.22 bits per heavy atom. The average molecular weight is 361 g/mol. The van der Waals surface area contributed by atoms with E-state index < -0.39 is 0 Å². The van der Waals surface area contributed by atoms with E-state index in [0.29, 0.717) is 0 Å². The van der Waals surface area contributed by atoms with Gasteiger partial charge in [-0.25, -0.2) is 9.98 Å². The number of hydrogen-bond acceptors (Lipinski definition) is 4. The number of allylic oxidation sites excluding steroid dienone is 2. The molecule has 0 unspecified atom stereocenters. The van der Waals surface area contributed by atoms with E-state index in [1.165, 1.54) is 0 Å². The predicted octanol–water partition coefficient (Wildman–Crippen LogP) is 5.15. The summed E-state index contributed by atoms with van der Waals surface area (Å²) < 4.78 is 0. The lowest BCUT2D eigenvalue weighted by Crippen LogP contribution is -2.11. The molecule has 0 saturated carbocycles. The smallest absolute Gasteiger partial charge is 0.140 e. The Hall–Kier alpha value is -3.34. The van der Waals surface area contributed by atoms with Gasteiger partial charge in [-0.05, 0) is 31.2 Å². The second kappa shape index (κ2) is 9.38. The third kappa shape index (κ3) is 4.44. The number of para-hydroxylation sites is 1. The van der Waals surface area contributed by atoms with Crippen molar-refractivity contribution in [3.05, 3.63) is 78.9 Å². The van der Waals surface area contributed by atoms with E-state index in [1.807, 2.05) is 70.4 Å². The minimum absolute atomic E-state index is 0.268. The summed E-state index contributed by atoms with van der Waals surface area (Å²) in [6.45, 7) is 9.64. The summed E-state index contributed by atoms with van der Waals surface area (Å²) in [6, 6.07) is 12.2. The van der Waals surface area contributed by atoms with Crippen LogP contribution in [-0.2, 0) is 0 Å². The van der Waals surface area contributed by atoms with Crippen molar-refractivity contribution in [2.75, 3.05) is 11.9 Å². The summed E-state index contributed by atoms with van der Waals surface area (Å²) in [4.78, 5) is 14.2. The van der Waals surface area contributed by atoms with Gasteiger partial charge < -0.3 is 15.6 Å². The summed E-state index contributed by atoms with van der Waals surface area (Å²) >= 11 is 0. The molecular formula is C22H27N5. The Kier molecular flexibility index (Phi) is 6.94. The molecule has 0 spiro atoms. The maximum atomic E-state index is 5.71. The molecular weight excluding hydrogens is 334 g/mol. The zero-order valence-corrected chi connectivity index (χ0v) is 16.4. The molecule has 3 rings (SSSR count). The first-order valence-corrected chi connectivity index (χ1v) is 9.03. The first-order chi connectivity index (χ1) is 13.1. The highest BCUT2D eigenvalue weighted by Crippen LogP contribution is 2.32. The molecule has 27 heavy (non-hydrogen) atoms. The Balaban J connectivity index is 0.00000126. The lowest BCUT2D eigenvalue weighted by molar-refractivity contribution is 1.21. The van der Waals surface area contributed by atoms with Crippen molar-refractivity contribution >= 4 is 28.1 Å². The highest BCUT2D eigenvalue weighted by Gasteiger charge is 2.16. The number of pyridine rings is 1. The van der Waals surface area contributed by atoms with Gasteiger partial charge in [-0.15, -0.1) is 0 Å². The van der Waals surface area contributed by atoms with Crippen molar-refractivity contribution in [2.24, 2.45) is 10.7 Å². The summed E-state index contributed by atoms with van der Waals surface area (Å²) in [5.74, 6) is 0.268. The topological polar surface area (TPSA) is 70.3 Å². The highest BCUT2D eigenvalue weighted by atomic mass is 15.1. The van der Waals surface area contributed by atoms with Crippen LogP contribution in [0.15, 0.2) is 78.3 Å². The predicted molar refractivity (Wildman–Crippen MR) is 117 cm³/mol. The number of nitrogens with zero attached hydrogens (tertiary/aromatic N) is 3. The van der Waals surface area contributed by atoms with E-state index >= 15 is 0 Å². The average Bonchev–Trinajstić information content (AvgIpc) is 3.13. The molecule has 3 N–H and O–H groups in total. The van der Waals surface area contributed by atoms with Crippen LogP contribution in [0.4, 0.5) is 11.4 Å². The van der Waals surface area contributed by atoms with Crippen LogP contribution in [0.3, 0.4) is 0 Å². The van der Waals surface area contributed by atoms with Gasteiger partial charge in [0.1, 0.15) is 11.5 Å². The van der Waals surface area contributed by atoms with E-state index in [-0.39, 0.29) is 5.82 Å². The summed E-state index contributed by atoms with van der Waals surface area (Å²) in [7, 11) is 2.04. The SMILES string of the molecule is C=C(N)/N=C(\C=C/C)c1c[nH]c2nccc(N(C)c3ccccc3)c12.CC. The monoisotopic (exact) mass is 361 g/mol. The van der Waals surface area contributed by atoms with Gasteiger partial charge in [0.15, 0.2) is 0 Å². The van der Waals surface area contributed by atoms with Crippen molar-refractivity contribution in [3.63, 3.8) is 0 Å². The number of rotatable bonds is 5. The van der Waals surface area contributed by atoms with Crippen LogP contribution in [0, 0.1) is 0 Å². The lowest BCUT2D eigenvalue weighted by Gasteiger charge is -2.21. The molecule has 0 bridgehead atoms. The van der Waals surface area contributed by atoms with E-state index in [2.05, 4.69) is 38.6 Å². The number of hydrogen-bond donors (Lipinski definition) is 2. The summed E-state index contributed by atoms with van der Waals surface area (Å²) in [5.41, 5.74) is 10.3. The third-order valence-electron chi connectivity index (χ3n) is 3.92. The first-order valence-electron chi connectivity index (χ1n) is 9.03. The van der Waals surface area contributed by atoms with Crippen LogP contribution >= 0.6 is 0 Å². The van der Waals surface area contributed by atoms with Gasteiger partial charge >= 0.3 is 0 Å². The van der Waals surface area contributed by atoms with Crippen molar-refractivity contribution in [1.29, 1.82) is 0 Å². The second-order valence-corrected chi connectivity index (χ2v) is 5.64. The largest absolute Gasteiger partial charge is 0.384 e. The number of aromatic amines is 1. The van der Waals surface area contributed by atoms with Gasteiger partial charge in [0.25, 0.3) is 0 Å². The highest BCUT2D eigenvalue weighted by molar-refractivity contribution is 6.19. The molecule has 2 aromatic heterocycles.